The van der Waals surface area contributed by atoms with Crippen molar-refractivity contribution in [3.63, 3.8) is 0 Å². The van der Waals surface area contributed by atoms with Crippen LogP contribution in [0.1, 0.15) is 32.8 Å². The molecule has 0 bridgehead atoms. The molecule has 0 radical (unpaired) electrons. The van der Waals surface area contributed by atoms with Gasteiger partial charge in [-0.3, -0.25) is 0 Å². The van der Waals surface area contributed by atoms with Crippen LogP contribution in [0, 0.1) is 17.5 Å². The molecule has 1 atom stereocenters. The SMILES string of the molecule is CC(C)(C)OC(=O)NC(CC=C=O)Cc1cc(F)c(F)cc1F. The van der Waals surface area contributed by atoms with E-state index in [4.69, 9.17) is 4.74 Å². The highest BCUT2D eigenvalue weighted by Crippen LogP contribution is 2.17. The molecule has 0 aliphatic rings. The van der Waals surface area contributed by atoms with Gasteiger partial charge in [0.1, 0.15) is 17.4 Å². The molecule has 0 spiro atoms. The number of hydrogen-bond acceptors (Lipinski definition) is 3. The molecular formula is C16H18F3NO3. The lowest BCUT2D eigenvalue weighted by Crippen LogP contribution is -2.40. The summed E-state index contributed by atoms with van der Waals surface area (Å²) in [6.07, 6.45) is 0.256. The largest absolute Gasteiger partial charge is 0.444 e. The molecular weight excluding hydrogens is 311 g/mol. The fourth-order valence-electron chi connectivity index (χ4n) is 1.84. The Balaban J connectivity index is 2.88. The van der Waals surface area contributed by atoms with E-state index in [0.717, 1.165) is 12.1 Å². The van der Waals surface area contributed by atoms with E-state index in [1.807, 2.05) is 0 Å². The highest BCUT2D eigenvalue weighted by Gasteiger charge is 2.21. The number of carbonyl (C=O) groups is 1. The monoisotopic (exact) mass is 329 g/mol. The van der Waals surface area contributed by atoms with Crippen LogP contribution in [0.25, 0.3) is 0 Å². The first-order valence-electron chi connectivity index (χ1n) is 6.94. The Labute approximate surface area is 132 Å². The van der Waals surface area contributed by atoms with Crippen LogP contribution >= 0.6 is 0 Å². The lowest BCUT2D eigenvalue weighted by atomic mass is 10.0. The number of benzene rings is 1. The van der Waals surface area contributed by atoms with Gasteiger partial charge in [-0.15, -0.1) is 0 Å². The van der Waals surface area contributed by atoms with Crippen LogP contribution in [0.15, 0.2) is 18.2 Å². The van der Waals surface area contributed by atoms with Crippen LogP contribution in [-0.2, 0) is 16.0 Å². The van der Waals surface area contributed by atoms with E-state index in [-0.39, 0.29) is 18.4 Å². The first-order valence-corrected chi connectivity index (χ1v) is 6.94. The van der Waals surface area contributed by atoms with Crippen molar-refractivity contribution in [1.29, 1.82) is 0 Å². The van der Waals surface area contributed by atoms with E-state index in [1.165, 1.54) is 0 Å². The summed E-state index contributed by atoms with van der Waals surface area (Å²) in [5.74, 6) is -1.88. The third-order valence-electron chi connectivity index (χ3n) is 2.76. The fourth-order valence-corrected chi connectivity index (χ4v) is 1.84. The zero-order chi connectivity index (χ0) is 17.6. The summed E-state index contributed by atoms with van der Waals surface area (Å²) >= 11 is 0. The Hall–Kier alpha value is -2.27. The summed E-state index contributed by atoms with van der Waals surface area (Å²) in [6.45, 7) is 5.01. The molecule has 1 aromatic rings. The summed E-state index contributed by atoms with van der Waals surface area (Å²) in [6, 6.07) is 0.426. The minimum absolute atomic E-state index is 0.0428. The topological polar surface area (TPSA) is 55.4 Å². The van der Waals surface area contributed by atoms with Gasteiger partial charge in [-0.05, 0) is 45.2 Å². The molecule has 0 heterocycles. The third kappa shape index (κ3) is 6.57. The van der Waals surface area contributed by atoms with Gasteiger partial charge >= 0.3 is 6.09 Å². The van der Waals surface area contributed by atoms with Crippen molar-refractivity contribution in [1.82, 2.24) is 5.32 Å². The minimum atomic E-state index is -1.30. The maximum Gasteiger partial charge on any atom is 0.407 e. The lowest BCUT2D eigenvalue weighted by Gasteiger charge is -2.23. The van der Waals surface area contributed by atoms with Crippen molar-refractivity contribution in [2.24, 2.45) is 0 Å². The number of carbonyl (C=O) groups excluding carboxylic acids is 2. The summed E-state index contributed by atoms with van der Waals surface area (Å²) in [5.41, 5.74) is -0.855. The number of rotatable bonds is 5. The summed E-state index contributed by atoms with van der Waals surface area (Å²) in [5, 5.41) is 2.46. The smallest absolute Gasteiger partial charge is 0.407 e. The van der Waals surface area contributed by atoms with Crippen LogP contribution in [-0.4, -0.2) is 23.7 Å². The van der Waals surface area contributed by atoms with Gasteiger partial charge in [0, 0.05) is 18.2 Å². The van der Waals surface area contributed by atoms with Gasteiger partial charge in [0.2, 0.25) is 0 Å². The molecule has 0 aliphatic carbocycles. The Morgan fingerprint density at radius 2 is 1.87 bits per heavy atom. The first-order chi connectivity index (χ1) is 10.6. The zero-order valence-corrected chi connectivity index (χ0v) is 13.1. The zero-order valence-electron chi connectivity index (χ0n) is 13.1. The number of nitrogens with one attached hydrogen (secondary N) is 1. The molecule has 0 fully saturated rings. The van der Waals surface area contributed by atoms with Gasteiger partial charge in [0.15, 0.2) is 11.6 Å². The maximum atomic E-state index is 13.7. The summed E-state index contributed by atoms with van der Waals surface area (Å²) < 4.78 is 44.9. The highest BCUT2D eigenvalue weighted by molar-refractivity contribution is 5.68. The van der Waals surface area contributed by atoms with Crippen molar-refractivity contribution in [3.8, 4) is 0 Å². The van der Waals surface area contributed by atoms with Crippen LogP contribution in [0.2, 0.25) is 0 Å². The number of amides is 1. The fraction of sp³-hybridized carbons (Fsp3) is 0.438. The van der Waals surface area contributed by atoms with Crippen molar-refractivity contribution in [3.05, 3.63) is 41.2 Å². The molecule has 126 valence electrons. The predicted molar refractivity (Wildman–Crippen MR) is 78.1 cm³/mol. The van der Waals surface area contributed by atoms with Gasteiger partial charge in [0.25, 0.3) is 0 Å². The molecule has 7 heteroatoms. The predicted octanol–water partition coefficient (Wildman–Crippen LogP) is 3.32. The van der Waals surface area contributed by atoms with Gasteiger partial charge in [-0.1, -0.05) is 0 Å². The number of ether oxygens (including phenoxy) is 1. The standard InChI is InChI=1S/C16H18F3NO3/c1-16(2,3)23-15(22)20-11(5-4-6-21)7-10-8-13(18)14(19)9-12(10)17/h4,8-9,11H,5,7H2,1-3H3,(H,20,22). The van der Waals surface area contributed by atoms with Gasteiger partial charge in [-0.25, -0.2) is 22.8 Å². The van der Waals surface area contributed by atoms with Gasteiger partial charge < -0.3 is 10.1 Å². The van der Waals surface area contributed by atoms with E-state index in [9.17, 15) is 22.8 Å². The van der Waals surface area contributed by atoms with Gasteiger partial charge in [0.05, 0.1) is 0 Å². The van der Waals surface area contributed by atoms with E-state index in [0.29, 0.717) is 6.07 Å². The second-order valence-electron chi connectivity index (χ2n) is 5.96. The van der Waals surface area contributed by atoms with Crippen LogP contribution < -0.4 is 5.32 Å². The van der Waals surface area contributed by atoms with Crippen LogP contribution in [0.3, 0.4) is 0 Å². The van der Waals surface area contributed by atoms with Crippen LogP contribution in [0.5, 0.6) is 0 Å². The van der Waals surface area contributed by atoms with Crippen molar-refractivity contribution in [2.75, 3.05) is 0 Å². The molecule has 1 rings (SSSR count). The summed E-state index contributed by atoms with van der Waals surface area (Å²) in [7, 11) is 0. The Morgan fingerprint density at radius 1 is 1.26 bits per heavy atom. The molecule has 4 nitrogen and oxygen atoms in total. The normalized spacial score (nSPS) is 12.3. The Kier molecular flexibility index (Phi) is 6.39. The Morgan fingerprint density at radius 3 is 2.43 bits per heavy atom. The molecule has 1 N–H and O–H groups in total. The third-order valence-corrected chi connectivity index (χ3v) is 2.76. The molecule has 0 aromatic heterocycles. The molecule has 1 aromatic carbocycles. The van der Waals surface area contributed by atoms with Crippen molar-refractivity contribution >= 4 is 12.0 Å². The lowest BCUT2D eigenvalue weighted by molar-refractivity contribution is 0.0504. The molecule has 0 saturated heterocycles. The molecule has 1 amide bonds. The van der Waals surface area contributed by atoms with E-state index in [2.05, 4.69) is 5.32 Å². The average Bonchev–Trinajstić information content (AvgIpc) is 2.39. The van der Waals surface area contributed by atoms with Crippen molar-refractivity contribution < 1.29 is 27.5 Å². The number of hydrogen-bond donors (Lipinski definition) is 1. The van der Waals surface area contributed by atoms with Crippen molar-refractivity contribution in [2.45, 2.75) is 45.3 Å². The van der Waals surface area contributed by atoms with E-state index in [1.54, 1.807) is 26.7 Å². The minimum Gasteiger partial charge on any atom is -0.444 e. The van der Waals surface area contributed by atoms with E-state index >= 15 is 0 Å². The number of alkyl carbamates (subject to hydrolysis) is 1. The quantitative estimate of drug-likeness (QED) is 0.666. The summed E-state index contributed by atoms with van der Waals surface area (Å²) in [4.78, 5) is 22.1. The van der Waals surface area contributed by atoms with Gasteiger partial charge in [-0.2, -0.15) is 0 Å². The first kappa shape index (κ1) is 18.8. The van der Waals surface area contributed by atoms with E-state index < -0.39 is 35.2 Å². The maximum absolute atomic E-state index is 13.7. The second-order valence-corrected chi connectivity index (χ2v) is 5.96. The highest BCUT2D eigenvalue weighted by atomic mass is 19.2. The molecule has 0 saturated carbocycles. The molecule has 0 aliphatic heterocycles. The Bertz CT molecular complexity index is 620. The number of halogens is 3. The molecule has 23 heavy (non-hydrogen) atoms. The molecule has 1 unspecified atom stereocenters. The average molecular weight is 329 g/mol. The van der Waals surface area contributed by atoms with Crippen LogP contribution in [0.4, 0.5) is 18.0 Å². The second kappa shape index (κ2) is 7.83.